The molecule has 0 aromatic carbocycles. The van der Waals surface area contributed by atoms with E-state index in [-0.39, 0.29) is 5.91 Å². The van der Waals surface area contributed by atoms with Crippen molar-refractivity contribution in [3.8, 4) is 0 Å². The van der Waals surface area contributed by atoms with Crippen LogP contribution in [0.4, 0.5) is 0 Å². The van der Waals surface area contributed by atoms with Crippen molar-refractivity contribution >= 4 is 5.91 Å². The first-order valence-corrected chi connectivity index (χ1v) is 9.63. The van der Waals surface area contributed by atoms with Gasteiger partial charge in [-0.25, -0.2) is 0 Å². The molecule has 0 spiro atoms. The number of primary amides is 1. The zero-order valence-corrected chi connectivity index (χ0v) is 15.2. The Morgan fingerprint density at radius 1 is 0.727 bits per heavy atom. The quantitative estimate of drug-likeness (QED) is 0.389. The third-order valence-corrected chi connectivity index (χ3v) is 4.36. The van der Waals surface area contributed by atoms with Crippen LogP contribution in [-0.2, 0) is 4.79 Å². The molecule has 0 radical (unpaired) electrons. The Morgan fingerprint density at radius 2 is 1.14 bits per heavy atom. The van der Waals surface area contributed by atoms with Crippen LogP contribution in [0.5, 0.6) is 0 Å². The third-order valence-electron chi connectivity index (χ3n) is 4.36. The Balaban J connectivity index is 3.11. The summed E-state index contributed by atoms with van der Waals surface area (Å²) in [5, 5.41) is 0. The molecule has 22 heavy (non-hydrogen) atoms. The Hall–Kier alpha value is -0.570. The van der Waals surface area contributed by atoms with Gasteiger partial charge in [0.25, 0.3) is 0 Å². The monoisotopic (exact) mass is 312 g/mol. The first-order chi connectivity index (χ1) is 10.7. The molecule has 3 heteroatoms. The second kappa shape index (κ2) is 16.8. The lowest BCUT2D eigenvalue weighted by Crippen LogP contribution is -2.22. The minimum Gasteiger partial charge on any atom is -0.370 e. The summed E-state index contributed by atoms with van der Waals surface area (Å²) in [6.07, 6.45) is 18.2. The second-order valence-corrected chi connectivity index (χ2v) is 6.76. The summed E-state index contributed by atoms with van der Waals surface area (Å²) in [5.41, 5.74) is 5.14. The fourth-order valence-corrected chi connectivity index (χ4v) is 2.86. The van der Waals surface area contributed by atoms with Crippen LogP contribution in [0, 0.1) is 0 Å². The molecule has 0 unspecified atom stereocenters. The van der Waals surface area contributed by atoms with Crippen molar-refractivity contribution in [2.45, 2.75) is 96.8 Å². The van der Waals surface area contributed by atoms with E-state index in [2.05, 4.69) is 18.9 Å². The first kappa shape index (κ1) is 21.4. The van der Waals surface area contributed by atoms with E-state index in [0.29, 0.717) is 6.42 Å². The summed E-state index contributed by atoms with van der Waals surface area (Å²) >= 11 is 0. The minimum absolute atomic E-state index is 0.182. The van der Waals surface area contributed by atoms with Crippen molar-refractivity contribution in [3.05, 3.63) is 0 Å². The van der Waals surface area contributed by atoms with E-state index >= 15 is 0 Å². The molecule has 0 saturated carbocycles. The molecule has 0 aliphatic carbocycles. The van der Waals surface area contributed by atoms with Gasteiger partial charge < -0.3 is 10.6 Å². The summed E-state index contributed by atoms with van der Waals surface area (Å²) in [6.45, 7) is 4.41. The molecule has 0 heterocycles. The second-order valence-electron chi connectivity index (χ2n) is 6.76. The molecule has 0 aliphatic heterocycles. The van der Waals surface area contributed by atoms with Gasteiger partial charge in [0, 0.05) is 6.42 Å². The number of unbranched alkanes of at least 4 members (excludes halogenated alkanes) is 11. The molecule has 0 fully saturated rings. The Kier molecular flexibility index (Phi) is 16.4. The van der Waals surface area contributed by atoms with Gasteiger partial charge in [0.15, 0.2) is 0 Å². The Labute approximate surface area is 139 Å². The van der Waals surface area contributed by atoms with Crippen LogP contribution >= 0.6 is 0 Å². The van der Waals surface area contributed by atoms with E-state index in [0.717, 1.165) is 19.5 Å². The van der Waals surface area contributed by atoms with Crippen LogP contribution in [0.3, 0.4) is 0 Å². The zero-order chi connectivity index (χ0) is 16.5. The van der Waals surface area contributed by atoms with Crippen LogP contribution in [0.1, 0.15) is 96.8 Å². The molecule has 132 valence electrons. The average Bonchev–Trinajstić information content (AvgIpc) is 2.48. The number of carbonyl (C=O) groups is 1. The fourth-order valence-electron chi connectivity index (χ4n) is 2.86. The van der Waals surface area contributed by atoms with Gasteiger partial charge in [-0.05, 0) is 33.0 Å². The van der Waals surface area contributed by atoms with Crippen molar-refractivity contribution in [2.24, 2.45) is 5.73 Å². The highest BCUT2D eigenvalue weighted by atomic mass is 16.1. The molecular formula is C19H40N2O. The molecule has 2 N–H and O–H groups in total. The van der Waals surface area contributed by atoms with Gasteiger partial charge in [-0.3, -0.25) is 4.79 Å². The van der Waals surface area contributed by atoms with E-state index < -0.39 is 0 Å². The highest BCUT2D eigenvalue weighted by Crippen LogP contribution is 2.12. The summed E-state index contributed by atoms with van der Waals surface area (Å²) in [6, 6.07) is 0. The number of amides is 1. The smallest absolute Gasteiger partial charge is 0.217 e. The van der Waals surface area contributed by atoms with E-state index in [9.17, 15) is 4.79 Å². The molecule has 1 amide bonds. The predicted octanol–water partition coefficient (Wildman–Crippen LogP) is 4.88. The maximum absolute atomic E-state index is 10.7. The fraction of sp³-hybridized carbons (Fsp3) is 0.947. The third kappa shape index (κ3) is 17.5. The van der Waals surface area contributed by atoms with Crippen LogP contribution < -0.4 is 5.73 Å². The molecule has 0 aromatic heterocycles. The lowest BCUT2D eigenvalue weighted by atomic mass is 10.1. The maximum Gasteiger partial charge on any atom is 0.217 e. The lowest BCUT2D eigenvalue weighted by molar-refractivity contribution is -0.118. The number of rotatable bonds is 17. The number of hydrogen-bond acceptors (Lipinski definition) is 2. The van der Waals surface area contributed by atoms with Gasteiger partial charge in [-0.15, -0.1) is 0 Å². The molecule has 0 aromatic rings. The Morgan fingerprint density at radius 3 is 1.59 bits per heavy atom. The van der Waals surface area contributed by atoms with Gasteiger partial charge in [-0.1, -0.05) is 77.6 Å². The number of nitrogens with zero attached hydrogens (tertiary/aromatic N) is 1. The van der Waals surface area contributed by atoms with Gasteiger partial charge in [0.05, 0.1) is 0 Å². The zero-order valence-electron chi connectivity index (χ0n) is 15.2. The summed E-state index contributed by atoms with van der Waals surface area (Å²) in [5.74, 6) is -0.182. The largest absolute Gasteiger partial charge is 0.370 e. The van der Waals surface area contributed by atoms with Crippen LogP contribution in [0.25, 0.3) is 0 Å². The van der Waals surface area contributed by atoms with Crippen LogP contribution in [0.2, 0.25) is 0 Å². The summed E-state index contributed by atoms with van der Waals surface area (Å²) < 4.78 is 0. The van der Waals surface area contributed by atoms with E-state index in [1.54, 1.807) is 0 Å². The molecule has 3 nitrogen and oxygen atoms in total. The number of carbonyl (C=O) groups excluding carboxylic acids is 1. The van der Waals surface area contributed by atoms with Crippen LogP contribution in [-0.4, -0.2) is 30.9 Å². The molecule has 0 bridgehead atoms. The maximum atomic E-state index is 10.7. The van der Waals surface area contributed by atoms with Crippen molar-refractivity contribution in [3.63, 3.8) is 0 Å². The molecule has 0 atom stereocenters. The number of hydrogen-bond donors (Lipinski definition) is 1. The highest BCUT2D eigenvalue weighted by molar-refractivity contribution is 5.73. The van der Waals surface area contributed by atoms with Gasteiger partial charge >= 0.3 is 0 Å². The van der Waals surface area contributed by atoms with Crippen molar-refractivity contribution < 1.29 is 4.79 Å². The van der Waals surface area contributed by atoms with E-state index in [1.165, 1.54) is 77.0 Å². The molecule has 0 saturated heterocycles. The average molecular weight is 313 g/mol. The van der Waals surface area contributed by atoms with Crippen LogP contribution in [0.15, 0.2) is 0 Å². The number of nitrogens with two attached hydrogens (primary N) is 1. The molecular weight excluding hydrogens is 272 g/mol. The highest BCUT2D eigenvalue weighted by Gasteiger charge is 2.00. The minimum atomic E-state index is -0.182. The van der Waals surface area contributed by atoms with E-state index in [4.69, 9.17) is 5.73 Å². The van der Waals surface area contributed by atoms with Gasteiger partial charge in [-0.2, -0.15) is 0 Å². The SMILES string of the molecule is CCCCCCCCCCCCCCN(C)CCCC(N)=O. The van der Waals surface area contributed by atoms with E-state index in [1.807, 2.05) is 0 Å². The normalized spacial score (nSPS) is 11.2. The van der Waals surface area contributed by atoms with Gasteiger partial charge in [0.1, 0.15) is 0 Å². The topological polar surface area (TPSA) is 46.3 Å². The first-order valence-electron chi connectivity index (χ1n) is 9.63. The Bertz CT molecular complexity index is 244. The summed E-state index contributed by atoms with van der Waals surface area (Å²) in [7, 11) is 2.14. The van der Waals surface area contributed by atoms with Crippen molar-refractivity contribution in [1.29, 1.82) is 0 Å². The van der Waals surface area contributed by atoms with Crippen molar-refractivity contribution in [1.82, 2.24) is 4.90 Å². The standard InChI is InChI=1S/C19H40N2O/c1-3-4-5-6-7-8-9-10-11-12-13-14-17-21(2)18-15-16-19(20)22/h3-18H2,1-2H3,(H2,20,22). The lowest BCUT2D eigenvalue weighted by Gasteiger charge is -2.15. The molecule has 0 rings (SSSR count). The van der Waals surface area contributed by atoms with Crippen molar-refractivity contribution in [2.75, 3.05) is 20.1 Å². The summed E-state index contributed by atoms with van der Waals surface area (Å²) in [4.78, 5) is 13.0. The molecule has 0 aliphatic rings. The predicted molar refractivity (Wildman–Crippen MR) is 97.0 cm³/mol. The van der Waals surface area contributed by atoms with Gasteiger partial charge in [0.2, 0.25) is 5.91 Å².